The second-order valence-electron chi connectivity index (χ2n) is 4.77. The Morgan fingerprint density at radius 2 is 2.00 bits per heavy atom. The van der Waals surface area contributed by atoms with E-state index < -0.39 is 0 Å². The summed E-state index contributed by atoms with van der Waals surface area (Å²) >= 11 is 3.58. The molecule has 0 bridgehead atoms. The molecule has 0 spiro atoms. The molecule has 84 valence electrons. The summed E-state index contributed by atoms with van der Waals surface area (Å²) in [7, 11) is 0. The summed E-state index contributed by atoms with van der Waals surface area (Å²) in [5.74, 6) is 0.693. The highest BCUT2D eigenvalue weighted by Gasteiger charge is 2.24. The van der Waals surface area contributed by atoms with Gasteiger partial charge in [0, 0.05) is 10.9 Å². The lowest BCUT2D eigenvalue weighted by Gasteiger charge is -2.07. The summed E-state index contributed by atoms with van der Waals surface area (Å²) in [6.45, 7) is 2.10. The molecule has 0 unspecified atom stereocenters. The number of hydrogen-bond donors (Lipinski definition) is 0. The van der Waals surface area contributed by atoms with E-state index in [0.717, 1.165) is 10.3 Å². The maximum atomic E-state index is 5.81. The number of fused-ring (bicyclic) bond motifs is 1. The topological polar surface area (TPSA) is 13.1 Å². The first-order valence-corrected chi connectivity index (χ1v) is 6.73. The highest BCUT2D eigenvalue weighted by atomic mass is 79.9. The van der Waals surface area contributed by atoms with Gasteiger partial charge in [-0.15, -0.1) is 0 Å². The van der Waals surface area contributed by atoms with E-state index in [1.165, 1.54) is 42.2 Å². The van der Waals surface area contributed by atoms with Crippen molar-refractivity contribution in [3.8, 4) is 0 Å². The molecular formula is C14H15BrO. The van der Waals surface area contributed by atoms with E-state index in [1.807, 2.05) is 0 Å². The maximum absolute atomic E-state index is 5.81. The van der Waals surface area contributed by atoms with Gasteiger partial charge in [0.05, 0.1) is 0 Å². The first-order valence-electron chi connectivity index (χ1n) is 5.94. The largest absolute Gasteiger partial charge is 0.449 e. The molecule has 1 aromatic heterocycles. The Morgan fingerprint density at radius 3 is 2.75 bits per heavy atom. The van der Waals surface area contributed by atoms with Gasteiger partial charge in [-0.3, -0.25) is 0 Å². The Morgan fingerprint density at radius 1 is 1.25 bits per heavy atom. The van der Waals surface area contributed by atoms with Gasteiger partial charge in [0.25, 0.3) is 0 Å². The minimum Gasteiger partial charge on any atom is -0.449 e. The van der Waals surface area contributed by atoms with Crippen LogP contribution < -0.4 is 0 Å². The summed E-state index contributed by atoms with van der Waals surface area (Å²) in [5, 5.41) is 1.30. The first kappa shape index (κ1) is 10.4. The SMILES string of the molecule is Cc1ccc2c(C3CCCC3)c(Br)oc2c1. The predicted molar refractivity (Wildman–Crippen MR) is 69.9 cm³/mol. The van der Waals surface area contributed by atoms with Crippen LogP contribution in [-0.2, 0) is 0 Å². The van der Waals surface area contributed by atoms with Crippen molar-refractivity contribution >= 4 is 26.9 Å². The molecule has 0 amide bonds. The van der Waals surface area contributed by atoms with Gasteiger partial charge < -0.3 is 4.42 Å². The van der Waals surface area contributed by atoms with Crippen molar-refractivity contribution in [1.82, 2.24) is 0 Å². The van der Waals surface area contributed by atoms with Crippen LogP contribution in [0.4, 0.5) is 0 Å². The number of furan rings is 1. The smallest absolute Gasteiger partial charge is 0.173 e. The predicted octanol–water partition coefficient (Wildman–Crippen LogP) is 5.16. The van der Waals surface area contributed by atoms with Gasteiger partial charge in [-0.2, -0.15) is 0 Å². The first-order chi connectivity index (χ1) is 7.75. The summed E-state index contributed by atoms with van der Waals surface area (Å²) in [4.78, 5) is 0. The lowest BCUT2D eigenvalue weighted by atomic mass is 9.97. The van der Waals surface area contributed by atoms with Crippen LogP contribution in [0, 0.1) is 6.92 Å². The Bertz CT molecular complexity index is 521. The van der Waals surface area contributed by atoms with Crippen LogP contribution in [0.3, 0.4) is 0 Å². The van der Waals surface area contributed by atoms with Crippen molar-refractivity contribution in [1.29, 1.82) is 0 Å². The number of aryl methyl sites for hydroxylation is 1. The zero-order chi connectivity index (χ0) is 11.1. The summed E-state index contributed by atoms with van der Waals surface area (Å²) < 4.78 is 6.75. The van der Waals surface area contributed by atoms with Gasteiger partial charge in [-0.1, -0.05) is 25.0 Å². The van der Waals surface area contributed by atoms with Crippen LogP contribution in [0.2, 0.25) is 0 Å². The van der Waals surface area contributed by atoms with Crippen LogP contribution in [-0.4, -0.2) is 0 Å². The molecule has 0 saturated heterocycles. The molecule has 2 heteroatoms. The highest BCUT2D eigenvalue weighted by Crippen LogP contribution is 2.43. The molecular weight excluding hydrogens is 264 g/mol. The molecule has 16 heavy (non-hydrogen) atoms. The minimum atomic E-state index is 0.693. The molecule has 1 fully saturated rings. The maximum Gasteiger partial charge on any atom is 0.173 e. The van der Waals surface area contributed by atoms with Crippen LogP contribution >= 0.6 is 15.9 Å². The zero-order valence-corrected chi connectivity index (χ0v) is 11.0. The normalized spacial score (nSPS) is 17.4. The van der Waals surface area contributed by atoms with Crippen molar-refractivity contribution in [2.75, 3.05) is 0 Å². The Hall–Kier alpha value is -0.760. The number of rotatable bonds is 1. The Labute approximate surface area is 104 Å². The van der Waals surface area contributed by atoms with Gasteiger partial charge in [0.2, 0.25) is 0 Å². The molecule has 2 aromatic rings. The fourth-order valence-electron chi connectivity index (χ4n) is 2.79. The van der Waals surface area contributed by atoms with E-state index in [4.69, 9.17) is 4.42 Å². The molecule has 1 nitrogen and oxygen atoms in total. The number of hydrogen-bond acceptors (Lipinski definition) is 1. The lowest BCUT2D eigenvalue weighted by Crippen LogP contribution is -1.91. The van der Waals surface area contributed by atoms with Crippen LogP contribution in [0.25, 0.3) is 11.0 Å². The molecule has 0 aliphatic heterocycles. The number of halogens is 1. The average Bonchev–Trinajstić information content (AvgIpc) is 2.83. The van der Waals surface area contributed by atoms with Crippen LogP contribution in [0.5, 0.6) is 0 Å². The standard InChI is InChI=1S/C14H15BrO/c1-9-6-7-11-12(8-9)16-14(15)13(11)10-4-2-3-5-10/h6-8,10H,2-5H2,1H3. The number of benzene rings is 1. The molecule has 1 saturated carbocycles. The van der Waals surface area contributed by atoms with Crippen LogP contribution in [0.1, 0.15) is 42.7 Å². The van der Waals surface area contributed by atoms with Crippen molar-refractivity contribution in [2.24, 2.45) is 0 Å². The van der Waals surface area contributed by atoms with Crippen molar-refractivity contribution < 1.29 is 4.42 Å². The van der Waals surface area contributed by atoms with E-state index in [9.17, 15) is 0 Å². The quantitative estimate of drug-likeness (QED) is 0.702. The van der Waals surface area contributed by atoms with Crippen molar-refractivity contribution in [3.05, 3.63) is 34.0 Å². The molecule has 0 N–H and O–H groups in total. The monoisotopic (exact) mass is 278 g/mol. The van der Waals surface area contributed by atoms with Gasteiger partial charge >= 0.3 is 0 Å². The third-order valence-electron chi connectivity index (χ3n) is 3.60. The summed E-state index contributed by atoms with van der Waals surface area (Å²) in [6, 6.07) is 6.49. The summed E-state index contributed by atoms with van der Waals surface area (Å²) in [6.07, 6.45) is 5.33. The molecule has 0 atom stereocenters. The Kier molecular flexibility index (Phi) is 2.55. The third kappa shape index (κ3) is 1.60. The third-order valence-corrected chi connectivity index (χ3v) is 4.19. The minimum absolute atomic E-state index is 0.693. The van der Waals surface area contributed by atoms with Gasteiger partial charge in [-0.25, -0.2) is 0 Å². The van der Waals surface area contributed by atoms with Crippen molar-refractivity contribution in [2.45, 2.75) is 38.5 Å². The zero-order valence-electron chi connectivity index (χ0n) is 9.42. The Balaban J connectivity index is 2.18. The van der Waals surface area contributed by atoms with E-state index in [0.29, 0.717) is 5.92 Å². The fraction of sp³-hybridized carbons (Fsp3) is 0.429. The second-order valence-corrected chi connectivity index (χ2v) is 5.49. The highest BCUT2D eigenvalue weighted by molar-refractivity contribution is 9.10. The second kappa shape index (κ2) is 3.92. The van der Waals surface area contributed by atoms with Gasteiger partial charge in [-0.05, 0) is 53.2 Å². The molecule has 1 aromatic carbocycles. The van der Waals surface area contributed by atoms with E-state index >= 15 is 0 Å². The average molecular weight is 279 g/mol. The van der Waals surface area contributed by atoms with E-state index in [2.05, 4.69) is 41.1 Å². The molecule has 0 radical (unpaired) electrons. The summed E-state index contributed by atoms with van der Waals surface area (Å²) in [5.41, 5.74) is 3.67. The fourth-order valence-corrected chi connectivity index (χ4v) is 3.50. The molecule has 1 heterocycles. The van der Waals surface area contributed by atoms with Gasteiger partial charge in [0.1, 0.15) is 5.58 Å². The van der Waals surface area contributed by atoms with Crippen molar-refractivity contribution in [3.63, 3.8) is 0 Å². The molecule has 1 aliphatic carbocycles. The molecule has 3 rings (SSSR count). The van der Waals surface area contributed by atoms with E-state index in [1.54, 1.807) is 0 Å². The van der Waals surface area contributed by atoms with Crippen LogP contribution in [0.15, 0.2) is 27.3 Å². The van der Waals surface area contributed by atoms with E-state index in [-0.39, 0.29) is 0 Å². The molecule has 1 aliphatic rings. The lowest BCUT2D eigenvalue weighted by molar-refractivity contribution is 0.570. The van der Waals surface area contributed by atoms with Gasteiger partial charge in [0.15, 0.2) is 4.67 Å².